The number of aromatic nitrogens is 1. The minimum atomic E-state index is -0.521. The molecule has 0 atom stereocenters. The summed E-state index contributed by atoms with van der Waals surface area (Å²) in [6.07, 6.45) is 1.64. The van der Waals surface area contributed by atoms with Crippen molar-refractivity contribution in [3.63, 3.8) is 0 Å². The molecule has 24 heavy (non-hydrogen) atoms. The van der Waals surface area contributed by atoms with Crippen LogP contribution in [0.5, 0.6) is 0 Å². The van der Waals surface area contributed by atoms with E-state index in [-0.39, 0.29) is 18.4 Å². The van der Waals surface area contributed by atoms with Gasteiger partial charge in [0.1, 0.15) is 0 Å². The molecule has 1 saturated heterocycles. The lowest BCUT2D eigenvalue weighted by molar-refractivity contribution is -0.142. The standard InChI is InChI=1S/C16H26N4O3S/c1-16(2,3)14(22)20(6-5-19-7-9-23-10-8-19)12-13(21)18-15-17-4-11-24-15/h4,11H,5-10,12H2,1-3H3,(H,17,18,21). The number of ether oxygens (including phenoxy) is 1. The number of rotatable bonds is 6. The van der Waals surface area contributed by atoms with E-state index in [0.717, 1.165) is 32.8 Å². The smallest absolute Gasteiger partial charge is 0.245 e. The Morgan fingerprint density at radius 1 is 1.38 bits per heavy atom. The van der Waals surface area contributed by atoms with Gasteiger partial charge in [-0.2, -0.15) is 0 Å². The topological polar surface area (TPSA) is 74.8 Å². The highest BCUT2D eigenvalue weighted by molar-refractivity contribution is 7.13. The predicted molar refractivity (Wildman–Crippen MR) is 94.0 cm³/mol. The molecule has 8 heteroatoms. The molecule has 0 aliphatic carbocycles. The number of nitrogens with one attached hydrogen (secondary N) is 1. The minimum absolute atomic E-state index is 0.0231. The monoisotopic (exact) mass is 354 g/mol. The third-order valence-electron chi connectivity index (χ3n) is 3.73. The number of amides is 2. The van der Waals surface area contributed by atoms with Crippen molar-refractivity contribution >= 4 is 28.3 Å². The zero-order valence-electron chi connectivity index (χ0n) is 14.6. The van der Waals surface area contributed by atoms with E-state index in [1.807, 2.05) is 20.8 Å². The summed E-state index contributed by atoms with van der Waals surface area (Å²) in [4.78, 5) is 32.8. The number of carbonyl (C=O) groups is 2. The molecule has 7 nitrogen and oxygen atoms in total. The van der Waals surface area contributed by atoms with Gasteiger partial charge in [0.15, 0.2) is 5.13 Å². The fourth-order valence-corrected chi connectivity index (χ4v) is 2.98. The van der Waals surface area contributed by atoms with Crippen molar-refractivity contribution in [3.8, 4) is 0 Å². The Hall–Kier alpha value is -1.51. The molecule has 2 amide bonds. The van der Waals surface area contributed by atoms with E-state index in [1.165, 1.54) is 11.3 Å². The van der Waals surface area contributed by atoms with Gasteiger partial charge in [-0.3, -0.25) is 14.5 Å². The predicted octanol–water partition coefficient (Wildman–Crippen LogP) is 1.29. The van der Waals surface area contributed by atoms with Gasteiger partial charge in [0.05, 0.1) is 19.8 Å². The first-order valence-electron chi connectivity index (χ1n) is 8.15. The van der Waals surface area contributed by atoms with Crippen molar-refractivity contribution in [1.82, 2.24) is 14.8 Å². The second-order valence-corrected chi connectivity index (χ2v) is 7.71. The Labute approximate surface area is 147 Å². The highest BCUT2D eigenvalue weighted by atomic mass is 32.1. The molecule has 1 aromatic rings. The van der Waals surface area contributed by atoms with Crippen LogP contribution in [-0.2, 0) is 14.3 Å². The van der Waals surface area contributed by atoms with Crippen LogP contribution in [0.3, 0.4) is 0 Å². The highest BCUT2D eigenvalue weighted by Gasteiger charge is 2.29. The number of hydrogen-bond acceptors (Lipinski definition) is 6. The van der Waals surface area contributed by atoms with E-state index in [1.54, 1.807) is 16.5 Å². The SMILES string of the molecule is CC(C)(C)C(=O)N(CCN1CCOCC1)CC(=O)Nc1nccs1. The number of nitrogens with zero attached hydrogens (tertiary/aromatic N) is 3. The summed E-state index contributed by atoms with van der Waals surface area (Å²) in [5, 5.41) is 5.09. The Morgan fingerprint density at radius 3 is 2.67 bits per heavy atom. The lowest BCUT2D eigenvalue weighted by Gasteiger charge is -2.32. The summed E-state index contributed by atoms with van der Waals surface area (Å²) in [6, 6.07) is 0. The van der Waals surface area contributed by atoms with Crippen LogP contribution >= 0.6 is 11.3 Å². The van der Waals surface area contributed by atoms with Gasteiger partial charge < -0.3 is 15.0 Å². The van der Waals surface area contributed by atoms with E-state index in [2.05, 4.69) is 15.2 Å². The molecule has 0 bridgehead atoms. The average molecular weight is 354 g/mol. The summed E-state index contributed by atoms with van der Waals surface area (Å²) >= 11 is 1.36. The Kier molecular flexibility index (Phi) is 6.70. The van der Waals surface area contributed by atoms with E-state index < -0.39 is 5.41 Å². The molecule has 134 valence electrons. The first-order valence-corrected chi connectivity index (χ1v) is 9.03. The van der Waals surface area contributed by atoms with Crippen LogP contribution in [0.1, 0.15) is 20.8 Å². The molecule has 1 N–H and O–H groups in total. The van der Waals surface area contributed by atoms with E-state index >= 15 is 0 Å². The highest BCUT2D eigenvalue weighted by Crippen LogP contribution is 2.18. The molecular formula is C16H26N4O3S. The number of carbonyl (C=O) groups excluding carboxylic acids is 2. The van der Waals surface area contributed by atoms with E-state index in [9.17, 15) is 9.59 Å². The van der Waals surface area contributed by atoms with Crippen LogP contribution in [0.4, 0.5) is 5.13 Å². The van der Waals surface area contributed by atoms with Gasteiger partial charge >= 0.3 is 0 Å². The van der Waals surface area contributed by atoms with E-state index in [4.69, 9.17) is 4.74 Å². The molecule has 2 heterocycles. The summed E-state index contributed by atoms with van der Waals surface area (Å²) in [6.45, 7) is 10.1. The summed E-state index contributed by atoms with van der Waals surface area (Å²) < 4.78 is 5.34. The third kappa shape index (κ3) is 5.85. The van der Waals surface area contributed by atoms with Gasteiger partial charge in [0.2, 0.25) is 11.8 Å². The second kappa shape index (κ2) is 8.55. The van der Waals surface area contributed by atoms with Gasteiger partial charge in [-0.25, -0.2) is 4.98 Å². The van der Waals surface area contributed by atoms with Crippen molar-refractivity contribution < 1.29 is 14.3 Å². The van der Waals surface area contributed by atoms with Crippen molar-refractivity contribution in [2.24, 2.45) is 5.41 Å². The number of morpholine rings is 1. The first-order chi connectivity index (χ1) is 11.4. The van der Waals surface area contributed by atoms with Crippen LogP contribution < -0.4 is 5.32 Å². The Morgan fingerprint density at radius 2 is 2.08 bits per heavy atom. The number of hydrogen-bond donors (Lipinski definition) is 1. The maximum atomic E-state index is 12.7. The summed E-state index contributed by atoms with van der Waals surface area (Å²) in [7, 11) is 0. The third-order valence-corrected chi connectivity index (χ3v) is 4.42. The summed E-state index contributed by atoms with van der Waals surface area (Å²) in [5.74, 6) is -0.241. The van der Waals surface area contributed by atoms with Crippen LogP contribution in [0.2, 0.25) is 0 Å². The maximum absolute atomic E-state index is 12.7. The van der Waals surface area contributed by atoms with Crippen molar-refractivity contribution in [2.45, 2.75) is 20.8 Å². The normalized spacial score (nSPS) is 16.0. The molecule has 1 aromatic heterocycles. The van der Waals surface area contributed by atoms with Gasteiger partial charge in [-0.15, -0.1) is 11.3 Å². The number of anilines is 1. The minimum Gasteiger partial charge on any atom is -0.379 e. The summed E-state index contributed by atoms with van der Waals surface area (Å²) in [5.41, 5.74) is -0.521. The fraction of sp³-hybridized carbons (Fsp3) is 0.688. The molecule has 2 rings (SSSR count). The van der Waals surface area contributed by atoms with Gasteiger partial charge in [0.25, 0.3) is 0 Å². The molecule has 0 saturated carbocycles. The molecule has 1 aliphatic heterocycles. The largest absolute Gasteiger partial charge is 0.379 e. The molecule has 0 unspecified atom stereocenters. The molecule has 1 aliphatic rings. The molecule has 1 fully saturated rings. The van der Waals surface area contributed by atoms with Crippen molar-refractivity contribution in [2.75, 3.05) is 51.3 Å². The van der Waals surface area contributed by atoms with Crippen molar-refractivity contribution in [3.05, 3.63) is 11.6 Å². The van der Waals surface area contributed by atoms with Crippen LogP contribution in [-0.4, -0.2) is 72.5 Å². The average Bonchev–Trinajstić information content (AvgIpc) is 3.03. The van der Waals surface area contributed by atoms with Crippen LogP contribution in [0, 0.1) is 5.41 Å². The van der Waals surface area contributed by atoms with Gasteiger partial charge in [-0.1, -0.05) is 20.8 Å². The van der Waals surface area contributed by atoms with Crippen molar-refractivity contribution in [1.29, 1.82) is 0 Å². The van der Waals surface area contributed by atoms with E-state index in [0.29, 0.717) is 11.7 Å². The zero-order valence-corrected chi connectivity index (χ0v) is 15.4. The second-order valence-electron chi connectivity index (χ2n) is 6.82. The zero-order chi connectivity index (χ0) is 17.6. The number of thiazole rings is 1. The Bertz CT molecular complexity index is 536. The molecule has 0 radical (unpaired) electrons. The quantitative estimate of drug-likeness (QED) is 0.833. The molecule has 0 spiro atoms. The molecule has 0 aromatic carbocycles. The lowest BCUT2D eigenvalue weighted by atomic mass is 9.94. The Balaban J connectivity index is 1.93. The first kappa shape index (κ1) is 18.8. The molecular weight excluding hydrogens is 328 g/mol. The maximum Gasteiger partial charge on any atom is 0.245 e. The van der Waals surface area contributed by atoms with Gasteiger partial charge in [-0.05, 0) is 0 Å². The van der Waals surface area contributed by atoms with Gasteiger partial charge in [0, 0.05) is 43.2 Å². The van der Waals surface area contributed by atoms with Crippen LogP contribution in [0.25, 0.3) is 0 Å². The fourth-order valence-electron chi connectivity index (χ4n) is 2.43. The van der Waals surface area contributed by atoms with Crippen LogP contribution in [0.15, 0.2) is 11.6 Å². The lowest BCUT2D eigenvalue weighted by Crippen LogP contribution is -2.48.